The van der Waals surface area contributed by atoms with Gasteiger partial charge in [0.25, 0.3) is 0 Å². The molecule has 0 spiro atoms. The summed E-state index contributed by atoms with van der Waals surface area (Å²) < 4.78 is 0. The third kappa shape index (κ3) is 9.22. The predicted octanol–water partition coefficient (Wildman–Crippen LogP) is -1.21. The van der Waals surface area contributed by atoms with Gasteiger partial charge in [0.05, 0.1) is 0 Å². The van der Waals surface area contributed by atoms with Gasteiger partial charge >= 0.3 is 0 Å². The molecule has 0 unspecified atom stereocenters. The molecule has 0 aliphatic carbocycles. The van der Waals surface area contributed by atoms with Crippen LogP contribution in [0, 0.1) is 75.5 Å². The molecule has 0 aromatic carbocycles. The first-order valence-corrected chi connectivity index (χ1v) is 0. The second-order valence-electron chi connectivity index (χ2n) is 0. The Morgan fingerprint density at radius 3 is 1.00 bits per heavy atom. The van der Waals surface area contributed by atoms with Crippen LogP contribution in [0.2, 0.25) is 0 Å². The Bertz CT molecular complexity index is 8.00. The molecule has 0 fully saturated rings. The van der Waals surface area contributed by atoms with Crippen molar-refractivity contribution in [1.29, 1.82) is 0 Å². The summed E-state index contributed by atoms with van der Waals surface area (Å²) in [6.07, 6.45) is 0. The monoisotopic (exact) mass is 355 g/mol. The van der Waals surface area contributed by atoms with Crippen LogP contribution in [-0.2, 0) is 0 Å². The summed E-state index contributed by atoms with van der Waals surface area (Å²) >= 11 is 0. The zero-order valence-electron chi connectivity index (χ0n) is 2.14. The van der Waals surface area contributed by atoms with Gasteiger partial charge in [0.1, 0.15) is 0 Å². The minimum absolute atomic E-state index is 0. The summed E-state index contributed by atoms with van der Waals surface area (Å²) in [4.78, 5) is 0. The van der Waals surface area contributed by atoms with Crippen LogP contribution in [0.4, 0.5) is 0 Å². The summed E-state index contributed by atoms with van der Waals surface area (Å²) in [7, 11) is 0. The molecule has 1 nitrogen and oxygen atoms in total. The van der Waals surface area contributed by atoms with Crippen LogP contribution in [0.3, 0.4) is 0 Å². The quantitative estimate of drug-likeness (QED) is 0.490. The Labute approximate surface area is 115 Å². The Morgan fingerprint density at radius 2 is 1.00 bits per heavy atom. The standard InChI is InChI=1S/Ca.Gd.La.H2O/h;;;1H2. The van der Waals surface area contributed by atoms with E-state index >= 15 is 0 Å². The van der Waals surface area contributed by atoms with E-state index in [-0.39, 0.29) is 119 Å². The summed E-state index contributed by atoms with van der Waals surface area (Å²) in [5.74, 6) is 0. The van der Waals surface area contributed by atoms with Gasteiger partial charge in [0.2, 0.25) is 0 Å². The van der Waals surface area contributed by atoms with Crippen LogP contribution in [0.15, 0.2) is 0 Å². The van der Waals surface area contributed by atoms with E-state index in [4.69, 9.17) is 0 Å². The van der Waals surface area contributed by atoms with Gasteiger partial charge < -0.3 is 5.48 Å². The molecule has 0 rings (SSSR count). The summed E-state index contributed by atoms with van der Waals surface area (Å²) in [6.45, 7) is 0. The van der Waals surface area contributed by atoms with Crippen molar-refractivity contribution < 1.29 is 81.0 Å². The Kier molecular flexibility index (Phi) is 99.8. The average Bonchev–Trinajstić information content (AvgIpc) is 0. The minimum Gasteiger partial charge on any atom is -0.412 e. The van der Waals surface area contributed by atoms with Crippen molar-refractivity contribution in [2.45, 2.75) is 0 Å². The molecular formula is H2CaGdLaO. The van der Waals surface area contributed by atoms with Crippen molar-refractivity contribution in [2.75, 3.05) is 0 Å². The summed E-state index contributed by atoms with van der Waals surface area (Å²) in [6, 6.07) is 0. The van der Waals surface area contributed by atoms with Crippen molar-refractivity contribution in [1.82, 2.24) is 0 Å². The fourth-order valence-electron chi connectivity index (χ4n) is 0. The smallest absolute Gasteiger partial charge is 0 e. The maximum atomic E-state index is 0. The van der Waals surface area contributed by atoms with Gasteiger partial charge in [0, 0.05) is 113 Å². The first kappa shape index (κ1) is 25.1. The number of rotatable bonds is 0. The maximum Gasteiger partial charge on any atom is 0 e. The number of hydrogen-bond donors (Lipinski definition) is 0. The van der Waals surface area contributed by atoms with Gasteiger partial charge in [-0.3, -0.25) is 0 Å². The summed E-state index contributed by atoms with van der Waals surface area (Å²) in [5.41, 5.74) is 0. The minimum atomic E-state index is 0. The van der Waals surface area contributed by atoms with Gasteiger partial charge in [-0.2, -0.15) is 0 Å². The van der Waals surface area contributed by atoms with Gasteiger partial charge in [-0.15, -0.1) is 0 Å². The van der Waals surface area contributed by atoms with Gasteiger partial charge in [0.15, 0.2) is 0 Å². The molecule has 0 aromatic rings. The van der Waals surface area contributed by atoms with Gasteiger partial charge in [-0.1, -0.05) is 0 Å². The fourth-order valence-corrected chi connectivity index (χ4v) is 0. The van der Waals surface area contributed by atoms with E-state index in [1.807, 2.05) is 0 Å². The van der Waals surface area contributed by atoms with Crippen LogP contribution in [0.1, 0.15) is 0 Å². The third-order valence-electron chi connectivity index (χ3n) is 0. The fraction of sp³-hybridized carbons (Fsp3) is 0. The zero-order chi connectivity index (χ0) is 0. The SMILES string of the molecule is O.[Ca].[Gd].[La]. The molecule has 3 radical (unpaired) electrons. The Hall–Kier alpha value is 3.74. The molecule has 4 heavy (non-hydrogen) atoms. The molecule has 0 bridgehead atoms. The topological polar surface area (TPSA) is 31.5 Å². The van der Waals surface area contributed by atoms with Crippen LogP contribution in [0.25, 0.3) is 0 Å². The molecular weight excluding hydrogens is 352 g/mol. The average molecular weight is 354 g/mol. The van der Waals surface area contributed by atoms with E-state index in [0.29, 0.717) is 0 Å². The van der Waals surface area contributed by atoms with Crippen molar-refractivity contribution in [3.63, 3.8) is 0 Å². The van der Waals surface area contributed by atoms with E-state index < -0.39 is 0 Å². The zero-order valence-corrected chi connectivity index (χ0v) is 10.2. The Balaban J connectivity index is 0. The summed E-state index contributed by atoms with van der Waals surface area (Å²) in [5, 5.41) is 0. The molecule has 0 aliphatic rings. The molecule has 0 saturated heterocycles. The van der Waals surface area contributed by atoms with Crippen molar-refractivity contribution in [2.24, 2.45) is 0 Å². The van der Waals surface area contributed by atoms with E-state index in [0.717, 1.165) is 0 Å². The first-order valence-electron chi connectivity index (χ1n) is 0. The van der Waals surface area contributed by atoms with Gasteiger partial charge in [-0.05, 0) is 0 Å². The second-order valence-corrected chi connectivity index (χ2v) is 0. The molecule has 0 aromatic heterocycles. The predicted molar refractivity (Wildman–Crippen MR) is 9.37 cm³/mol. The molecule has 4 heteroatoms. The van der Waals surface area contributed by atoms with Crippen LogP contribution >= 0.6 is 0 Å². The Morgan fingerprint density at radius 1 is 1.00 bits per heavy atom. The second kappa shape index (κ2) is 15.9. The molecule has 21 valence electrons. The molecule has 2 N–H and O–H groups in total. The first-order chi connectivity index (χ1) is 0. The molecule has 0 aliphatic heterocycles. The van der Waals surface area contributed by atoms with E-state index in [2.05, 4.69) is 0 Å². The van der Waals surface area contributed by atoms with E-state index in [9.17, 15) is 0 Å². The normalized spacial score (nSPS) is 0. The largest absolute Gasteiger partial charge is 0.412 e. The van der Waals surface area contributed by atoms with Crippen LogP contribution < -0.4 is 0 Å². The van der Waals surface area contributed by atoms with Crippen molar-refractivity contribution in [3.05, 3.63) is 0 Å². The van der Waals surface area contributed by atoms with Crippen molar-refractivity contribution in [3.8, 4) is 0 Å². The molecule has 0 heterocycles. The van der Waals surface area contributed by atoms with E-state index in [1.54, 1.807) is 0 Å². The third-order valence-corrected chi connectivity index (χ3v) is 0. The number of hydrogen-bond acceptors (Lipinski definition) is 0. The molecule has 0 atom stereocenters. The van der Waals surface area contributed by atoms with Crippen LogP contribution in [0.5, 0.6) is 0 Å². The van der Waals surface area contributed by atoms with E-state index in [1.165, 1.54) is 0 Å². The van der Waals surface area contributed by atoms with Crippen molar-refractivity contribution >= 4 is 37.7 Å². The van der Waals surface area contributed by atoms with Gasteiger partial charge in [-0.25, -0.2) is 0 Å². The molecule has 0 saturated carbocycles. The van der Waals surface area contributed by atoms with Crippen LogP contribution in [-0.4, -0.2) is 43.2 Å². The molecule has 0 amide bonds. The maximum absolute atomic E-state index is 0.